The SMILES string of the molecule is C1CNC2CSCC2C1. The molecule has 2 aliphatic rings. The number of fused-ring (bicyclic) bond motifs is 1. The third kappa shape index (κ3) is 1.10. The van der Waals surface area contributed by atoms with Crippen molar-refractivity contribution < 1.29 is 0 Å². The van der Waals surface area contributed by atoms with Crippen molar-refractivity contribution in [2.24, 2.45) is 5.92 Å². The lowest BCUT2D eigenvalue weighted by Crippen LogP contribution is -2.40. The maximum atomic E-state index is 3.56. The molecule has 2 saturated heterocycles. The molecular weight excluding hydrogens is 130 g/mol. The molecule has 1 N–H and O–H groups in total. The van der Waals surface area contributed by atoms with Gasteiger partial charge >= 0.3 is 0 Å². The van der Waals surface area contributed by atoms with Crippen LogP contribution < -0.4 is 5.32 Å². The van der Waals surface area contributed by atoms with Crippen LogP contribution in [0.3, 0.4) is 0 Å². The molecule has 0 bridgehead atoms. The van der Waals surface area contributed by atoms with E-state index in [-0.39, 0.29) is 0 Å². The molecule has 0 radical (unpaired) electrons. The monoisotopic (exact) mass is 143 g/mol. The Morgan fingerprint density at radius 1 is 1.33 bits per heavy atom. The van der Waals surface area contributed by atoms with Gasteiger partial charge in [0.25, 0.3) is 0 Å². The van der Waals surface area contributed by atoms with Crippen molar-refractivity contribution in [3.05, 3.63) is 0 Å². The van der Waals surface area contributed by atoms with Crippen molar-refractivity contribution in [3.8, 4) is 0 Å². The second kappa shape index (κ2) is 2.51. The van der Waals surface area contributed by atoms with E-state index in [1.807, 2.05) is 0 Å². The Bertz CT molecular complexity index is 93.1. The molecule has 0 aromatic carbocycles. The predicted molar refractivity (Wildman–Crippen MR) is 41.8 cm³/mol. The van der Waals surface area contributed by atoms with E-state index in [4.69, 9.17) is 0 Å². The molecule has 0 amide bonds. The van der Waals surface area contributed by atoms with Gasteiger partial charge in [-0.1, -0.05) is 0 Å². The van der Waals surface area contributed by atoms with Gasteiger partial charge in [0, 0.05) is 11.8 Å². The molecule has 2 atom stereocenters. The first kappa shape index (κ1) is 6.05. The van der Waals surface area contributed by atoms with Crippen molar-refractivity contribution in [1.82, 2.24) is 5.32 Å². The Morgan fingerprint density at radius 2 is 2.33 bits per heavy atom. The highest BCUT2D eigenvalue weighted by atomic mass is 32.2. The summed E-state index contributed by atoms with van der Waals surface area (Å²) in [5, 5.41) is 3.56. The second-order valence-electron chi connectivity index (χ2n) is 3.00. The van der Waals surface area contributed by atoms with E-state index in [0.717, 1.165) is 12.0 Å². The molecule has 2 heterocycles. The Hall–Kier alpha value is 0.310. The van der Waals surface area contributed by atoms with Gasteiger partial charge in [-0.2, -0.15) is 11.8 Å². The fourth-order valence-electron chi connectivity index (χ4n) is 1.76. The maximum Gasteiger partial charge on any atom is 0.0194 e. The average molecular weight is 143 g/mol. The van der Waals surface area contributed by atoms with Crippen LogP contribution >= 0.6 is 11.8 Å². The summed E-state index contributed by atoms with van der Waals surface area (Å²) in [6.45, 7) is 1.27. The molecule has 1 nitrogen and oxygen atoms in total. The van der Waals surface area contributed by atoms with E-state index in [1.165, 1.54) is 30.9 Å². The summed E-state index contributed by atoms with van der Waals surface area (Å²) >= 11 is 2.12. The van der Waals surface area contributed by atoms with Crippen LogP contribution in [0.5, 0.6) is 0 Å². The highest BCUT2D eigenvalue weighted by Gasteiger charge is 2.29. The van der Waals surface area contributed by atoms with Crippen molar-refractivity contribution in [2.75, 3.05) is 18.1 Å². The summed E-state index contributed by atoms with van der Waals surface area (Å²) < 4.78 is 0. The molecular formula is C7H13NS. The minimum atomic E-state index is 0.878. The van der Waals surface area contributed by atoms with Crippen LogP contribution in [0.4, 0.5) is 0 Å². The Balaban J connectivity index is 1.97. The minimum absolute atomic E-state index is 0.878. The molecule has 2 unspecified atom stereocenters. The molecule has 2 rings (SSSR count). The number of piperidine rings is 1. The lowest BCUT2D eigenvalue weighted by molar-refractivity contribution is 0.340. The van der Waals surface area contributed by atoms with Gasteiger partial charge in [-0.15, -0.1) is 0 Å². The van der Waals surface area contributed by atoms with Crippen LogP contribution in [0.1, 0.15) is 12.8 Å². The quantitative estimate of drug-likeness (QED) is 0.545. The number of rotatable bonds is 0. The van der Waals surface area contributed by atoms with E-state index >= 15 is 0 Å². The molecule has 52 valence electrons. The first-order valence-corrected chi connectivity index (χ1v) is 4.93. The first-order chi connectivity index (χ1) is 4.47. The van der Waals surface area contributed by atoms with Gasteiger partial charge in [-0.3, -0.25) is 0 Å². The van der Waals surface area contributed by atoms with Crippen molar-refractivity contribution >= 4 is 11.8 Å². The average Bonchev–Trinajstić information content (AvgIpc) is 2.33. The highest BCUT2D eigenvalue weighted by molar-refractivity contribution is 7.99. The summed E-state index contributed by atoms with van der Waals surface area (Å²) in [6, 6.07) is 0.878. The summed E-state index contributed by atoms with van der Waals surface area (Å²) in [5.41, 5.74) is 0. The van der Waals surface area contributed by atoms with E-state index in [1.54, 1.807) is 0 Å². The Kier molecular flexibility index (Phi) is 1.68. The zero-order valence-corrected chi connectivity index (χ0v) is 6.41. The standard InChI is InChI=1S/C7H13NS/c1-2-6-4-9-5-7(6)8-3-1/h6-8H,1-5H2. The second-order valence-corrected chi connectivity index (χ2v) is 4.08. The topological polar surface area (TPSA) is 12.0 Å². The summed E-state index contributed by atoms with van der Waals surface area (Å²) in [6.07, 6.45) is 2.88. The van der Waals surface area contributed by atoms with Crippen molar-refractivity contribution in [2.45, 2.75) is 18.9 Å². The van der Waals surface area contributed by atoms with Gasteiger partial charge in [0.1, 0.15) is 0 Å². The minimum Gasteiger partial charge on any atom is -0.313 e. The fourth-order valence-corrected chi connectivity index (χ4v) is 3.24. The molecule has 0 aromatic heterocycles. The van der Waals surface area contributed by atoms with Gasteiger partial charge in [-0.25, -0.2) is 0 Å². The smallest absolute Gasteiger partial charge is 0.0194 e. The van der Waals surface area contributed by atoms with Crippen molar-refractivity contribution in [1.29, 1.82) is 0 Å². The van der Waals surface area contributed by atoms with E-state index in [9.17, 15) is 0 Å². The van der Waals surface area contributed by atoms with Crippen LogP contribution in [-0.2, 0) is 0 Å². The van der Waals surface area contributed by atoms with Crippen LogP contribution in [0.2, 0.25) is 0 Å². The lowest BCUT2D eigenvalue weighted by atomic mass is 9.94. The normalized spacial score (nSPS) is 42.7. The highest BCUT2D eigenvalue weighted by Crippen LogP contribution is 2.29. The van der Waals surface area contributed by atoms with E-state index < -0.39 is 0 Å². The molecule has 2 aliphatic heterocycles. The van der Waals surface area contributed by atoms with E-state index in [0.29, 0.717) is 0 Å². The predicted octanol–water partition coefficient (Wildman–Crippen LogP) is 1.10. The van der Waals surface area contributed by atoms with Crippen LogP contribution in [-0.4, -0.2) is 24.1 Å². The molecule has 9 heavy (non-hydrogen) atoms. The molecule has 0 spiro atoms. The molecule has 0 aliphatic carbocycles. The van der Waals surface area contributed by atoms with Gasteiger partial charge in [0.2, 0.25) is 0 Å². The first-order valence-electron chi connectivity index (χ1n) is 3.78. The third-order valence-corrected chi connectivity index (χ3v) is 3.62. The van der Waals surface area contributed by atoms with E-state index in [2.05, 4.69) is 17.1 Å². The fraction of sp³-hybridized carbons (Fsp3) is 1.00. The number of hydrogen-bond donors (Lipinski definition) is 1. The van der Waals surface area contributed by atoms with Gasteiger partial charge in [-0.05, 0) is 31.1 Å². The Labute approximate surface area is 60.6 Å². The number of thioether (sulfide) groups is 1. The summed E-state index contributed by atoms with van der Waals surface area (Å²) in [7, 11) is 0. The molecule has 2 fully saturated rings. The zero-order valence-electron chi connectivity index (χ0n) is 5.60. The van der Waals surface area contributed by atoms with Crippen LogP contribution in [0.25, 0.3) is 0 Å². The number of nitrogens with one attached hydrogen (secondary N) is 1. The van der Waals surface area contributed by atoms with Crippen molar-refractivity contribution in [3.63, 3.8) is 0 Å². The lowest BCUT2D eigenvalue weighted by Gasteiger charge is -2.25. The molecule has 2 heteroatoms. The van der Waals surface area contributed by atoms with Gasteiger partial charge < -0.3 is 5.32 Å². The molecule has 0 aromatic rings. The maximum absolute atomic E-state index is 3.56. The third-order valence-electron chi connectivity index (χ3n) is 2.36. The Morgan fingerprint density at radius 3 is 3.22 bits per heavy atom. The van der Waals surface area contributed by atoms with Crippen LogP contribution in [0.15, 0.2) is 0 Å². The summed E-state index contributed by atoms with van der Waals surface area (Å²) in [5.74, 6) is 3.80. The zero-order chi connectivity index (χ0) is 6.10. The molecule has 0 saturated carbocycles. The summed E-state index contributed by atoms with van der Waals surface area (Å²) in [4.78, 5) is 0. The largest absolute Gasteiger partial charge is 0.313 e. The van der Waals surface area contributed by atoms with Gasteiger partial charge in [0.15, 0.2) is 0 Å². The van der Waals surface area contributed by atoms with Gasteiger partial charge in [0.05, 0.1) is 0 Å². The van der Waals surface area contributed by atoms with Crippen LogP contribution in [0, 0.1) is 5.92 Å². The number of hydrogen-bond acceptors (Lipinski definition) is 2.